The molecule has 0 atom stereocenters. The largest absolute Gasteiger partial charge is 0.399 e. The van der Waals surface area contributed by atoms with Crippen LogP contribution in [0.15, 0.2) is 24.3 Å². The zero-order valence-corrected chi connectivity index (χ0v) is 12.9. The van der Waals surface area contributed by atoms with Gasteiger partial charge in [-0.1, -0.05) is 12.1 Å². The number of carbonyl (C=O) groups excluding carboxylic acids is 1. The van der Waals surface area contributed by atoms with Crippen molar-refractivity contribution < 1.29 is 4.79 Å². The summed E-state index contributed by atoms with van der Waals surface area (Å²) in [6, 6.07) is 7.42. The van der Waals surface area contributed by atoms with Crippen molar-refractivity contribution in [2.75, 3.05) is 26.4 Å². The third-order valence-corrected chi connectivity index (χ3v) is 3.24. The average molecular weight is 286 g/mol. The molecule has 0 spiro atoms. The van der Waals surface area contributed by atoms with E-state index in [1.165, 1.54) is 0 Å². The molecule has 1 aromatic carbocycles. The van der Waals surface area contributed by atoms with Gasteiger partial charge in [-0.2, -0.15) is 0 Å². The Labute approximate surface area is 121 Å². The number of benzene rings is 1. The molecule has 0 saturated carbocycles. The molecule has 1 aromatic rings. The molecule has 108 valence electrons. The summed E-state index contributed by atoms with van der Waals surface area (Å²) in [5.74, 6) is 0.0236. The highest BCUT2D eigenvalue weighted by Crippen LogP contribution is 2.09. The van der Waals surface area contributed by atoms with E-state index >= 15 is 0 Å². The summed E-state index contributed by atoms with van der Waals surface area (Å²) >= 11 is 0. The number of amides is 1. The van der Waals surface area contributed by atoms with Crippen molar-refractivity contribution in [3.05, 3.63) is 29.8 Å². The van der Waals surface area contributed by atoms with E-state index in [1.807, 2.05) is 38.4 Å². The Balaban J connectivity index is 0.00000324. The van der Waals surface area contributed by atoms with Crippen molar-refractivity contribution in [1.29, 1.82) is 0 Å². The van der Waals surface area contributed by atoms with Crippen LogP contribution >= 0.6 is 12.4 Å². The van der Waals surface area contributed by atoms with Crippen LogP contribution in [0, 0.1) is 0 Å². The highest BCUT2D eigenvalue weighted by atomic mass is 35.5. The minimum absolute atomic E-state index is 0. The second kappa shape index (κ2) is 7.36. The maximum atomic E-state index is 11.8. The minimum atomic E-state index is -0.0502. The fraction of sp³-hybridized carbons (Fsp3) is 0.500. The van der Waals surface area contributed by atoms with Gasteiger partial charge in [0, 0.05) is 17.8 Å². The van der Waals surface area contributed by atoms with Crippen molar-refractivity contribution in [2.45, 2.75) is 25.8 Å². The van der Waals surface area contributed by atoms with Gasteiger partial charge >= 0.3 is 0 Å². The first-order chi connectivity index (χ1) is 8.31. The summed E-state index contributed by atoms with van der Waals surface area (Å²) in [7, 11) is 4.01. The molecule has 0 heterocycles. The van der Waals surface area contributed by atoms with Gasteiger partial charge in [0.1, 0.15) is 0 Å². The topological polar surface area (TPSA) is 58.4 Å². The van der Waals surface area contributed by atoms with Gasteiger partial charge in [-0.25, -0.2) is 0 Å². The fourth-order valence-electron chi connectivity index (χ4n) is 1.42. The Morgan fingerprint density at radius 2 is 2.00 bits per heavy atom. The van der Waals surface area contributed by atoms with E-state index in [9.17, 15) is 4.79 Å². The van der Waals surface area contributed by atoms with Crippen LogP contribution in [-0.4, -0.2) is 37.0 Å². The molecule has 0 aromatic heterocycles. The molecule has 0 bridgehead atoms. The lowest BCUT2D eigenvalue weighted by atomic mass is 10.0. The van der Waals surface area contributed by atoms with Gasteiger partial charge in [0.15, 0.2) is 0 Å². The molecule has 0 aliphatic heterocycles. The summed E-state index contributed by atoms with van der Waals surface area (Å²) in [5, 5.41) is 2.95. The predicted octanol–water partition coefficient (Wildman–Crippen LogP) is 1.69. The summed E-state index contributed by atoms with van der Waals surface area (Å²) in [4.78, 5) is 13.9. The first-order valence-corrected chi connectivity index (χ1v) is 6.10. The van der Waals surface area contributed by atoms with Gasteiger partial charge in [0.25, 0.3) is 0 Å². The molecule has 4 nitrogen and oxygen atoms in total. The van der Waals surface area contributed by atoms with Gasteiger partial charge in [0.05, 0.1) is 6.42 Å². The number of anilines is 1. The number of nitrogens with one attached hydrogen (secondary N) is 1. The second-order valence-electron chi connectivity index (χ2n) is 5.41. The van der Waals surface area contributed by atoms with Crippen LogP contribution in [0.25, 0.3) is 0 Å². The van der Waals surface area contributed by atoms with Crippen LogP contribution < -0.4 is 11.1 Å². The van der Waals surface area contributed by atoms with Crippen molar-refractivity contribution in [2.24, 2.45) is 0 Å². The van der Waals surface area contributed by atoms with Crippen LogP contribution in [0.3, 0.4) is 0 Å². The molecule has 0 fully saturated rings. The maximum Gasteiger partial charge on any atom is 0.224 e. The van der Waals surface area contributed by atoms with Crippen LogP contribution in [0.5, 0.6) is 0 Å². The first kappa shape index (κ1) is 17.7. The van der Waals surface area contributed by atoms with Crippen LogP contribution in [-0.2, 0) is 11.2 Å². The molecule has 19 heavy (non-hydrogen) atoms. The van der Waals surface area contributed by atoms with Crippen LogP contribution in [0.4, 0.5) is 5.69 Å². The summed E-state index contributed by atoms with van der Waals surface area (Å²) in [6.07, 6.45) is 0.370. The van der Waals surface area contributed by atoms with E-state index in [2.05, 4.69) is 24.1 Å². The molecule has 0 radical (unpaired) electrons. The Bertz CT molecular complexity index is 419. The molecule has 0 unspecified atom stereocenters. The molecule has 0 aliphatic rings. The third kappa shape index (κ3) is 5.94. The summed E-state index contributed by atoms with van der Waals surface area (Å²) < 4.78 is 0. The van der Waals surface area contributed by atoms with E-state index in [1.54, 1.807) is 0 Å². The van der Waals surface area contributed by atoms with Gasteiger partial charge in [-0.05, 0) is 45.6 Å². The first-order valence-electron chi connectivity index (χ1n) is 6.10. The van der Waals surface area contributed by atoms with Gasteiger partial charge in [0.2, 0.25) is 5.91 Å². The normalized spacial score (nSPS) is 11.0. The van der Waals surface area contributed by atoms with Crippen molar-refractivity contribution in [3.63, 3.8) is 0 Å². The number of rotatable bonds is 5. The SMILES string of the molecule is CN(C)C(C)(C)CNC(=O)Cc1cccc(N)c1.Cl. The number of carbonyl (C=O) groups is 1. The predicted molar refractivity (Wildman–Crippen MR) is 82.6 cm³/mol. The molecule has 0 saturated heterocycles. The van der Waals surface area contributed by atoms with Crippen LogP contribution in [0.1, 0.15) is 19.4 Å². The smallest absolute Gasteiger partial charge is 0.224 e. The highest BCUT2D eigenvalue weighted by Gasteiger charge is 2.20. The average Bonchev–Trinajstić information content (AvgIpc) is 2.26. The Morgan fingerprint density at radius 1 is 1.37 bits per heavy atom. The lowest BCUT2D eigenvalue weighted by molar-refractivity contribution is -0.120. The van der Waals surface area contributed by atoms with E-state index in [0.29, 0.717) is 18.7 Å². The number of nitrogens with two attached hydrogens (primary N) is 1. The standard InChI is InChI=1S/C14H23N3O.ClH/c1-14(2,17(3)4)10-16-13(18)9-11-6-5-7-12(15)8-11;/h5-8H,9-10,15H2,1-4H3,(H,16,18);1H. The lowest BCUT2D eigenvalue weighted by Crippen LogP contribution is -2.48. The van der Waals surface area contributed by atoms with Gasteiger partial charge in [-0.15, -0.1) is 12.4 Å². The quantitative estimate of drug-likeness (QED) is 0.810. The number of hydrogen-bond acceptors (Lipinski definition) is 3. The summed E-state index contributed by atoms with van der Waals surface area (Å²) in [6.45, 7) is 4.81. The zero-order chi connectivity index (χ0) is 13.8. The number of halogens is 1. The Kier molecular flexibility index (Phi) is 6.87. The minimum Gasteiger partial charge on any atom is -0.399 e. The zero-order valence-electron chi connectivity index (χ0n) is 12.1. The summed E-state index contributed by atoms with van der Waals surface area (Å²) in [5.41, 5.74) is 7.26. The highest BCUT2D eigenvalue weighted by molar-refractivity contribution is 5.85. The molecular weight excluding hydrogens is 262 g/mol. The van der Waals surface area contributed by atoms with E-state index in [4.69, 9.17) is 5.73 Å². The van der Waals surface area contributed by atoms with Crippen molar-refractivity contribution >= 4 is 24.0 Å². The third-order valence-electron chi connectivity index (χ3n) is 3.24. The molecule has 1 amide bonds. The Hall–Kier alpha value is -1.26. The van der Waals surface area contributed by atoms with E-state index in [-0.39, 0.29) is 23.9 Å². The number of nitrogens with zero attached hydrogens (tertiary/aromatic N) is 1. The molecule has 5 heteroatoms. The van der Waals surface area contributed by atoms with Gasteiger partial charge < -0.3 is 16.0 Å². The monoisotopic (exact) mass is 285 g/mol. The fourth-order valence-corrected chi connectivity index (χ4v) is 1.42. The number of likely N-dealkylation sites (N-methyl/N-ethyl adjacent to an activating group) is 1. The van der Waals surface area contributed by atoms with Crippen molar-refractivity contribution in [1.82, 2.24) is 10.2 Å². The second-order valence-corrected chi connectivity index (χ2v) is 5.41. The van der Waals surface area contributed by atoms with Gasteiger partial charge in [-0.3, -0.25) is 4.79 Å². The lowest BCUT2D eigenvalue weighted by Gasteiger charge is -2.32. The maximum absolute atomic E-state index is 11.8. The van der Waals surface area contributed by atoms with E-state index < -0.39 is 0 Å². The molecule has 0 aliphatic carbocycles. The van der Waals surface area contributed by atoms with Crippen LogP contribution in [0.2, 0.25) is 0 Å². The molecular formula is C14H24ClN3O. The van der Waals surface area contributed by atoms with E-state index in [0.717, 1.165) is 5.56 Å². The van der Waals surface area contributed by atoms with Crippen molar-refractivity contribution in [3.8, 4) is 0 Å². The number of hydrogen-bond donors (Lipinski definition) is 2. The Morgan fingerprint density at radius 3 is 2.53 bits per heavy atom. The molecule has 3 N–H and O–H groups in total. The molecule has 1 rings (SSSR count). The number of nitrogen functional groups attached to an aromatic ring is 1.